The monoisotopic (exact) mass is 376 g/mol. The predicted octanol–water partition coefficient (Wildman–Crippen LogP) is 3.06. The van der Waals surface area contributed by atoms with E-state index in [9.17, 15) is 4.79 Å². The van der Waals surface area contributed by atoms with Gasteiger partial charge in [-0.2, -0.15) is 0 Å². The van der Waals surface area contributed by atoms with Crippen molar-refractivity contribution in [1.82, 2.24) is 20.2 Å². The van der Waals surface area contributed by atoms with Gasteiger partial charge in [0.15, 0.2) is 0 Å². The Bertz CT molecular complexity index is 1000. The Kier molecular flexibility index (Phi) is 4.28. The number of imidazole rings is 1. The summed E-state index contributed by atoms with van der Waals surface area (Å²) >= 11 is 0. The molecule has 6 rings (SSSR count). The lowest BCUT2D eigenvalue weighted by atomic mass is 9.84. The van der Waals surface area contributed by atoms with Gasteiger partial charge in [0.1, 0.15) is 11.6 Å². The van der Waals surface area contributed by atoms with Crippen LogP contribution >= 0.6 is 0 Å². The molecule has 3 saturated heterocycles. The van der Waals surface area contributed by atoms with Crippen LogP contribution in [0.4, 0.5) is 0 Å². The Morgan fingerprint density at radius 3 is 2.64 bits per heavy atom. The maximum absolute atomic E-state index is 12.7. The highest BCUT2D eigenvalue weighted by atomic mass is 16.5. The Balaban J connectivity index is 1.32. The molecule has 3 aromatic rings. The number of carbonyl (C=O) groups excluding carboxylic acids is 1. The first-order valence-electron chi connectivity index (χ1n) is 9.87. The number of nitrogens with one attached hydrogen (secondary N) is 2. The summed E-state index contributed by atoms with van der Waals surface area (Å²) in [4.78, 5) is 23.1. The molecule has 6 nitrogen and oxygen atoms in total. The van der Waals surface area contributed by atoms with Gasteiger partial charge in [-0.3, -0.25) is 4.79 Å². The normalized spacial score (nSPS) is 23.7. The van der Waals surface area contributed by atoms with Gasteiger partial charge in [0.05, 0.1) is 18.1 Å². The number of carbonyl (C=O) groups is 1. The molecule has 6 heteroatoms. The van der Waals surface area contributed by atoms with Crippen molar-refractivity contribution in [2.45, 2.75) is 18.9 Å². The van der Waals surface area contributed by atoms with Gasteiger partial charge in [-0.15, -0.1) is 0 Å². The van der Waals surface area contributed by atoms with Crippen molar-refractivity contribution in [3.63, 3.8) is 0 Å². The average Bonchev–Trinajstić information content (AvgIpc) is 3.18. The molecule has 2 bridgehead atoms. The molecule has 2 N–H and O–H groups in total. The number of amides is 1. The second-order valence-electron chi connectivity index (χ2n) is 7.76. The summed E-state index contributed by atoms with van der Waals surface area (Å²) in [5, 5.41) is 3.24. The van der Waals surface area contributed by atoms with Crippen LogP contribution in [0.1, 0.15) is 23.2 Å². The molecule has 4 heterocycles. The van der Waals surface area contributed by atoms with Crippen LogP contribution in [0.2, 0.25) is 0 Å². The molecule has 0 radical (unpaired) electrons. The van der Waals surface area contributed by atoms with E-state index in [-0.39, 0.29) is 11.9 Å². The second-order valence-corrected chi connectivity index (χ2v) is 7.76. The topological polar surface area (TPSA) is 70.2 Å². The highest BCUT2D eigenvalue weighted by Gasteiger charge is 2.34. The molecule has 144 valence electrons. The molecule has 28 heavy (non-hydrogen) atoms. The Morgan fingerprint density at radius 1 is 1.18 bits per heavy atom. The van der Waals surface area contributed by atoms with Crippen molar-refractivity contribution in [2.24, 2.45) is 5.92 Å². The summed E-state index contributed by atoms with van der Waals surface area (Å²) in [5.74, 6) is 2.21. The quantitative estimate of drug-likeness (QED) is 0.734. The fourth-order valence-electron chi connectivity index (χ4n) is 4.41. The Hall–Kier alpha value is -2.86. The molecule has 0 saturated carbocycles. The van der Waals surface area contributed by atoms with E-state index in [2.05, 4.69) is 20.2 Å². The SMILES string of the molecule is COc1ccc2[nH]c(-c3ccc(C(=O)NC4CN5CCC4CC5)cc3)nc2c1. The number of fused-ring (bicyclic) bond motifs is 4. The number of methoxy groups -OCH3 is 1. The maximum Gasteiger partial charge on any atom is 0.251 e. The van der Waals surface area contributed by atoms with E-state index >= 15 is 0 Å². The lowest BCUT2D eigenvalue weighted by molar-refractivity contribution is 0.0620. The van der Waals surface area contributed by atoms with Gasteiger partial charge in [0, 0.05) is 29.8 Å². The largest absolute Gasteiger partial charge is 0.497 e. The summed E-state index contributed by atoms with van der Waals surface area (Å²) in [5.41, 5.74) is 3.46. The van der Waals surface area contributed by atoms with E-state index in [1.807, 2.05) is 42.5 Å². The van der Waals surface area contributed by atoms with E-state index in [4.69, 9.17) is 4.74 Å². The number of ether oxygens (including phenoxy) is 1. The minimum absolute atomic E-state index is 0.0136. The van der Waals surface area contributed by atoms with E-state index in [0.717, 1.165) is 34.7 Å². The number of nitrogens with zero attached hydrogens (tertiary/aromatic N) is 2. The molecule has 0 aliphatic carbocycles. The molecular weight excluding hydrogens is 352 g/mol. The Morgan fingerprint density at radius 2 is 1.96 bits per heavy atom. The van der Waals surface area contributed by atoms with Crippen LogP contribution in [-0.2, 0) is 0 Å². The third-order valence-electron chi connectivity index (χ3n) is 6.08. The van der Waals surface area contributed by atoms with E-state index < -0.39 is 0 Å². The fourth-order valence-corrected chi connectivity index (χ4v) is 4.41. The van der Waals surface area contributed by atoms with Crippen molar-refractivity contribution < 1.29 is 9.53 Å². The summed E-state index contributed by atoms with van der Waals surface area (Å²) in [6, 6.07) is 13.7. The van der Waals surface area contributed by atoms with Crippen molar-refractivity contribution in [3.05, 3.63) is 48.0 Å². The van der Waals surface area contributed by atoms with Crippen molar-refractivity contribution in [2.75, 3.05) is 26.7 Å². The summed E-state index contributed by atoms with van der Waals surface area (Å²) in [6.07, 6.45) is 2.39. The van der Waals surface area contributed by atoms with Crippen molar-refractivity contribution >= 4 is 16.9 Å². The minimum Gasteiger partial charge on any atom is -0.497 e. The van der Waals surface area contributed by atoms with Crippen LogP contribution in [0.25, 0.3) is 22.4 Å². The number of hydrogen-bond acceptors (Lipinski definition) is 4. The molecule has 1 aromatic heterocycles. The van der Waals surface area contributed by atoms with E-state index in [1.165, 1.54) is 25.9 Å². The van der Waals surface area contributed by atoms with Crippen LogP contribution in [0.3, 0.4) is 0 Å². The third kappa shape index (κ3) is 3.14. The van der Waals surface area contributed by atoms with E-state index in [1.54, 1.807) is 7.11 Å². The number of benzene rings is 2. The lowest BCUT2D eigenvalue weighted by Gasteiger charge is -2.44. The third-order valence-corrected chi connectivity index (χ3v) is 6.08. The first-order chi connectivity index (χ1) is 13.7. The van der Waals surface area contributed by atoms with Gasteiger partial charge in [-0.05, 0) is 56.1 Å². The first kappa shape index (κ1) is 17.3. The van der Waals surface area contributed by atoms with E-state index in [0.29, 0.717) is 11.5 Å². The van der Waals surface area contributed by atoms with Crippen molar-refractivity contribution in [3.8, 4) is 17.1 Å². The molecule has 0 spiro atoms. The molecule has 1 atom stereocenters. The Labute approximate surface area is 163 Å². The lowest BCUT2D eigenvalue weighted by Crippen LogP contribution is -2.57. The smallest absolute Gasteiger partial charge is 0.251 e. The maximum atomic E-state index is 12.7. The zero-order chi connectivity index (χ0) is 19.1. The minimum atomic E-state index is 0.0136. The number of hydrogen-bond donors (Lipinski definition) is 2. The molecule has 1 amide bonds. The van der Waals surface area contributed by atoms with Gasteiger partial charge >= 0.3 is 0 Å². The highest BCUT2D eigenvalue weighted by molar-refractivity contribution is 5.95. The van der Waals surface area contributed by atoms with Gasteiger partial charge in [0.2, 0.25) is 0 Å². The predicted molar refractivity (Wildman–Crippen MR) is 108 cm³/mol. The fraction of sp³-hybridized carbons (Fsp3) is 0.364. The molecular formula is C22H24N4O2. The summed E-state index contributed by atoms with van der Waals surface area (Å²) in [7, 11) is 1.65. The van der Waals surface area contributed by atoms with Crippen molar-refractivity contribution in [1.29, 1.82) is 0 Å². The zero-order valence-electron chi connectivity index (χ0n) is 15.9. The highest BCUT2D eigenvalue weighted by Crippen LogP contribution is 2.28. The number of piperidine rings is 3. The second kappa shape index (κ2) is 6.95. The van der Waals surface area contributed by atoms with Crippen LogP contribution in [0.15, 0.2) is 42.5 Å². The van der Waals surface area contributed by atoms with Crippen LogP contribution in [-0.4, -0.2) is 53.6 Å². The molecule has 3 fully saturated rings. The molecule has 3 aliphatic rings. The van der Waals surface area contributed by atoms with Crippen LogP contribution in [0, 0.1) is 5.92 Å². The average molecular weight is 376 g/mol. The molecule has 1 unspecified atom stereocenters. The van der Waals surface area contributed by atoms with Crippen LogP contribution in [0.5, 0.6) is 5.75 Å². The van der Waals surface area contributed by atoms with Gasteiger partial charge in [0.25, 0.3) is 5.91 Å². The number of H-pyrrole nitrogens is 1. The standard InChI is InChI=1S/C22H24N4O2/c1-28-17-6-7-18-19(12-17)24-21(23-18)15-2-4-16(5-3-15)22(27)25-20-13-26-10-8-14(20)9-11-26/h2-7,12,14,20H,8-11,13H2,1H3,(H,23,24)(H,25,27). The molecule has 2 aromatic carbocycles. The number of aromatic nitrogens is 2. The van der Waals surface area contributed by atoms with Crippen LogP contribution < -0.4 is 10.1 Å². The van der Waals surface area contributed by atoms with Gasteiger partial charge in [-0.1, -0.05) is 12.1 Å². The zero-order valence-corrected chi connectivity index (χ0v) is 15.9. The van der Waals surface area contributed by atoms with Gasteiger partial charge < -0.3 is 19.9 Å². The number of rotatable bonds is 4. The summed E-state index contributed by atoms with van der Waals surface area (Å²) in [6.45, 7) is 3.33. The summed E-state index contributed by atoms with van der Waals surface area (Å²) < 4.78 is 5.26. The number of aromatic amines is 1. The first-order valence-corrected chi connectivity index (χ1v) is 9.87. The van der Waals surface area contributed by atoms with Gasteiger partial charge in [-0.25, -0.2) is 4.98 Å². The molecule has 3 aliphatic heterocycles.